The van der Waals surface area contributed by atoms with Gasteiger partial charge in [0, 0.05) is 18.5 Å². The van der Waals surface area contributed by atoms with E-state index in [4.69, 9.17) is 14.6 Å². The first-order valence-electron chi connectivity index (χ1n) is 7.07. The zero-order valence-corrected chi connectivity index (χ0v) is 13.0. The maximum Gasteiger partial charge on any atom is 0.304 e. The van der Waals surface area contributed by atoms with Gasteiger partial charge in [-0.15, -0.1) is 0 Å². The van der Waals surface area contributed by atoms with Crippen molar-refractivity contribution in [3.63, 3.8) is 0 Å². The number of aliphatic carboxylic acids is 1. The predicted octanol–water partition coefficient (Wildman–Crippen LogP) is 2.14. The van der Waals surface area contributed by atoms with Crippen molar-refractivity contribution in [1.82, 2.24) is 4.90 Å². The first-order valence-corrected chi connectivity index (χ1v) is 7.07. The fourth-order valence-electron chi connectivity index (χ4n) is 2.57. The van der Waals surface area contributed by atoms with Gasteiger partial charge in [-0.1, -0.05) is 19.9 Å². The first kappa shape index (κ1) is 15.6. The van der Waals surface area contributed by atoms with Crippen molar-refractivity contribution in [3.05, 3.63) is 23.8 Å². The van der Waals surface area contributed by atoms with Gasteiger partial charge < -0.3 is 14.6 Å². The van der Waals surface area contributed by atoms with E-state index in [1.807, 2.05) is 39.1 Å². The Morgan fingerprint density at radius 1 is 1.38 bits per heavy atom. The lowest BCUT2D eigenvalue weighted by Gasteiger charge is -2.36. The van der Waals surface area contributed by atoms with E-state index in [9.17, 15) is 4.79 Å². The Bertz CT molecular complexity index is 521. The molecule has 0 atom stereocenters. The van der Waals surface area contributed by atoms with E-state index < -0.39 is 11.4 Å². The zero-order chi connectivity index (χ0) is 15.6. The van der Waals surface area contributed by atoms with Gasteiger partial charge in [0.15, 0.2) is 11.5 Å². The Labute approximate surface area is 125 Å². The third-order valence-corrected chi connectivity index (χ3v) is 3.86. The number of carboxylic acid groups (broad SMARTS) is 1. The van der Waals surface area contributed by atoms with Crippen molar-refractivity contribution in [2.24, 2.45) is 0 Å². The second-order valence-electron chi connectivity index (χ2n) is 6.28. The van der Waals surface area contributed by atoms with Crippen LogP contribution < -0.4 is 9.47 Å². The monoisotopic (exact) mass is 293 g/mol. The molecule has 0 aromatic heterocycles. The number of likely N-dealkylation sites (tertiary alicyclic amines) is 1. The molecule has 5 nitrogen and oxygen atoms in total. The Kier molecular flexibility index (Phi) is 4.42. The van der Waals surface area contributed by atoms with Crippen LogP contribution in [-0.4, -0.2) is 49.3 Å². The molecule has 0 radical (unpaired) electrons. The molecule has 0 bridgehead atoms. The number of carbonyl (C=O) groups is 1. The molecule has 1 aliphatic heterocycles. The minimum absolute atomic E-state index is 0.0743. The van der Waals surface area contributed by atoms with Crippen LogP contribution in [0, 0.1) is 0 Å². The van der Waals surface area contributed by atoms with Gasteiger partial charge in [0.05, 0.1) is 13.5 Å². The number of hydrogen-bond donors (Lipinski definition) is 1. The van der Waals surface area contributed by atoms with Gasteiger partial charge >= 0.3 is 5.97 Å². The van der Waals surface area contributed by atoms with Crippen molar-refractivity contribution in [2.45, 2.75) is 31.8 Å². The smallest absolute Gasteiger partial charge is 0.304 e. The molecule has 1 aromatic rings. The number of methoxy groups -OCH3 is 1. The number of nitrogens with zero attached hydrogens (tertiary/aromatic N) is 1. The van der Waals surface area contributed by atoms with Crippen LogP contribution in [0.4, 0.5) is 0 Å². The highest BCUT2D eigenvalue weighted by Gasteiger charge is 2.28. The van der Waals surface area contributed by atoms with E-state index in [0.29, 0.717) is 11.5 Å². The predicted molar refractivity (Wildman–Crippen MR) is 80.2 cm³/mol. The molecule has 0 spiro atoms. The van der Waals surface area contributed by atoms with Crippen LogP contribution in [0.25, 0.3) is 0 Å². The zero-order valence-electron chi connectivity index (χ0n) is 13.0. The van der Waals surface area contributed by atoms with E-state index in [-0.39, 0.29) is 12.5 Å². The summed E-state index contributed by atoms with van der Waals surface area (Å²) in [5.74, 6) is 0.560. The maximum absolute atomic E-state index is 11.0. The maximum atomic E-state index is 11.0. The van der Waals surface area contributed by atoms with Gasteiger partial charge in [-0.05, 0) is 24.7 Å². The van der Waals surface area contributed by atoms with E-state index in [1.54, 1.807) is 7.11 Å². The van der Waals surface area contributed by atoms with Gasteiger partial charge in [0.1, 0.15) is 6.10 Å². The standard InChI is InChI=1S/C16H23NO4/c1-16(2,8-15(18)19)11-5-6-13(20-4)14(7-11)21-12-9-17(3)10-12/h5-7,12H,8-10H2,1-4H3,(H,18,19). The van der Waals surface area contributed by atoms with Crippen molar-refractivity contribution in [1.29, 1.82) is 0 Å². The highest BCUT2D eigenvalue weighted by molar-refractivity contribution is 5.69. The van der Waals surface area contributed by atoms with Crippen LogP contribution in [0.1, 0.15) is 25.8 Å². The number of benzene rings is 1. The van der Waals surface area contributed by atoms with Crippen LogP contribution in [0.3, 0.4) is 0 Å². The highest BCUT2D eigenvalue weighted by Crippen LogP contribution is 2.36. The molecule has 1 heterocycles. The van der Waals surface area contributed by atoms with E-state index in [1.165, 1.54) is 0 Å². The SMILES string of the molecule is COc1ccc(C(C)(C)CC(=O)O)cc1OC1CN(C)C1. The third-order valence-electron chi connectivity index (χ3n) is 3.86. The molecule has 21 heavy (non-hydrogen) atoms. The minimum Gasteiger partial charge on any atom is -0.493 e. The van der Waals surface area contributed by atoms with Crippen LogP contribution in [0.2, 0.25) is 0 Å². The second-order valence-corrected chi connectivity index (χ2v) is 6.28. The molecule has 1 saturated heterocycles. The summed E-state index contributed by atoms with van der Waals surface area (Å²) in [6.45, 7) is 5.63. The molecule has 5 heteroatoms. The summed E-state index contributed by atoms with van der Waals surface area (Å²) in [5, 5.41) is 9.04. The van der Waals surface area contributed by atoms with E-state index in [0.717, 1.165) is 18.7 Å². The lowest BCUT2D eigenvalue weighted by Crippen LogP contribution is -2.51. The number of rotatable bonds is 6. The third kappa shape index (κ3) is 3.67. The van der Waals surface area contributed by atoms with Crippen molar-refractivity contribution >= 4 is 5.97 Å². The highest BCUT2D eigenvalue weighted by atomic mass is 16.5. The molecule has 116 valence electrons. The molecular formula is C16H23NO4. The summed E-state index contributed by atoms with van der Waals surface area (Å²) < 4.78 is 11.3. The Balaban J connectivity index is 2.22. The summed E-state index contributed by atoms with van der Waals surface area (Å²) in [4.78, 5) is 13.2. The van der Waals surface area contributed by atoms with Gasteiger partial charge in [0.2, 0.25) is 0 Å². The largest absolute Gasteiger partial charge is 0.493 e. The van der Waals surface area contributed by atoms with Gasteiger partial charge in [-0.25, -0.2) is 0 Å². The lowest BCUT2D eigenvalue weighted by atomic mass is 9.81. The van der Waals surface area contributed by atoms with Gasteiger partial charge in [-0.3, -0.25) is 9.69 Å². The number of hydrogen-bond acceptors (Lipinski definition) is 4. The summed E-state index contributed by atoms with van der Waals surface area (Å²) in [5.41, 5.74) is 0.487. The summed E-state index contributed by atoms with van der Waals surface area (Å²) in [6.07, 6.45) is 0.243. The Morgan fingerprint density at radius 3 is 2.57 bits per heavy atom. The first-order chi connectivity index (χ1) is 9.81. The van der Waals surface area contributed by atoms with Crippen LogP contribution in [0.5, 0.6) is 11.5 Å². The summed E-state index contributed by atoms with van der Waals surface area (Å²) in [7, 11) is 3.65. The molecule has 2 rings (SSSR count). The second kappa shape index (κ2) is 5.93. The van der Waals surface area contributed by atoms with E-state index >= 15 is 0 Å². The summed E-state index contributed by atoms with van der Waals surface area (Å²) in [6, 6.07) is 5.65. The molecular weight excluding hydrogens is 270 g/mol. The normalized spacial score (nSPS) is 16.4. The fourth-order valence-corrected chi connectivity index (χ4v) is 2.57. The average molecular weight is 293 g/mol. The van der Waals surface area contributed by atoms with Crippen molar-refractivity contribution in [2.75, 3.05) is 27.2 Å². The number of likely N-dealkylation sites (N-methyl/N-ethyl adjacent to an activating group) is 1. The van der Waals surface area contributed by atoms with Crippen molar-refractivity contribution in [3.8, 4) is 11.5 Å². The average Bonchev–Trinajstić information content (AvgIpc) is 2.35. The van der Waals surface area contributed by atoms with Gasteiger partial charge in [-0.2, -0.15) is 0 Å². The van der Waals surface area contributed by atoms with Crippen molar-refractivity contribution < 1.29 is 19.4 Å². The molecule has 0 unspecified atom stereocenters. The molecule has 1 aromatic carbocycles. The molecule has 0 aliphatic carbocycles. The number of carboxylic acids is 1. The molecule has 0 saturated carbocycles. The minimum atomic E-state index is -0.807. The fraction of sp³-hybridized carbons (Fsp3) is 0.562. The summed E-state index contributed by atoms with van der Waals surface area (Å²) >= 11 is 0. The molecule has 1 N–H and O–H groups in total. The molecule has 0 amide bonds. The van der Waals surface area contributed by atoms with Gasteiger partial charge in [0.25, 0.3) is 0 Å². The quantitative estimate of drug-likeness (QED) is 0.871. The van der Waals surface area contributed by atoms with Crippen LogP contribution in [0.15, 0.2) is 18.2 Å². The van der Waals surface area contributed by atoms with Crippen LogP contribution in [-0.2, 0) is 10.2 Å². The Morgan fingerprint density at radius 2 is 2.05 bits per heavy atom. The van der Waals surface area contributed by atoms with Crippen LogP contribution >= 0.6 is 0 Å². The topological polar surface area (TPSA) is 59.0 Å². The molecule has 1 fully saturated rings. The number of ether oxygens (including phenoxy) is 2. The Hall–Kier alpha value is -1.75. The van der Waals surface area contributed by atoms with E-state index in [2.05, 4.69) is 4.90 Å². The molecule has 1 aliphatic rings. The lowest BCUT2D eigenvalue weighted by molar-refractivity contribution is -0.138.